The Bertz CT molecular complexity index is 2230. The topological polar surface area (TPSA) is 55.4 Å². The molecule has 0 fully saturated rings. The van der Waals surface area contributed by atoms with E-state index < -0.39 is 5.41 Å². The summed E-state index contributed by atoms with van der Waals surface area (Å²) in [5.74, 6) is 10.9. The maximum Gasteiger partial charge on any atom is 0.173 e. The Kier molecular flexibility index (Phi) is 6.50. The quantitative estimate of drug-likeness (QED) is 0.169. The lowest BCUT2D eigenvalue weighted by Gasteiger charge is -2.35. The number of fused-ring (bicyclic) bond motifs is 7. The summed E-state index contributed by atoms with van der Waals surface area (Å²) < 4.78 is 36.9. The molecule has 1 aliphatic carbocycles. The van der Waals surface area contributed by atoms with Gasteiger partial charge in [0.25, 0.3) is 0 Å². The highest BCUT2D eigenvalue weighted by Gasteiger charge is 2.47. The van der Waals surface area contributed by atoms with Crippen LogP contribution >= 0.6 is 0 Å². The Labute approximate surface area is 283 Å². The summed E-state index contributed by atoms with van der Waals surface area (Å²) in [7, 11) is 0. The van der Waals surface area contributed by atoms with Gasteiger partial charge in [0.1, 0.15) is 24.7 Å². The molecule has 2 aliphatic heterocycles. The van der Waals surface area contributed by atoms with Crippen LogP contribution in [0.5, 0.6) is 57.5 Å². The van der Waals surface area contributed by atoms with Crippen LogP contribution in [0.2, 0.25) is 0 Å². The van der Waals surface area contributed by atoms with Gasteiger partial charge in [0.2, 0.25) is 0 Å². The first-order valence-corrected chi connectivity index (χ1v) is 15.8. The molecule has 0 saturated carbocycles. The van der Waals surface area contributed by atoms with Crippen LogP contribution in [-0.4, -0.2) is 13.2 Å². The van der Waals surface area contributed by atoms with Crippen molar-refractivity contribution in [2.75, 3.05) is 13.2 Å². The molecule has 0 bridgehead atoms. The molecule has 6 heteroatoms. The van der Waals surface area contributed by atoms with E-state index in [-0.39, 0.29) is 13.2 Å². The zero-order valence-corrected chi connectivity index (χ0v) is 26.1. The molecule has 6 nitrogen and oxygen atoms in total. The molecule has 0 spiro atoms. The molecule has 0 N–H and O–H groups in total. The van der Waals surface area contributed by atoms with Crippen molar-refractivity contribution in [1.82, 2.24) is 0 Å². The number of ether oxygens (including phenoxy) is 6. The Morgan fingerprint density at radius 3 is 1.29 bits per heavy atom. The molecule has 6 aromatic carbocycles. The van der Waals surface area contributed by atoms with Crippen LogP contribution in [0, 0.1) is 24.7 Å². The zero-order chi connectivity index (χ0) is 33.0. The van der Waals surface area contributed by atoms with Gasteiger partial charge in [-0.2, -0.15) is 0 Å². The third-order valence-corrected chi connectivity index (χ3v) is 9.06. The third-order valence-electron chi connectivity index (χ3n) is 9.06. The number of hydrogen-bond acceptors (Lipinski definition) is 6. The first-order chi connectivity index (χ1) is 24.1. The predicted molar refractivity (Wildman–Crippen MR) is 186 cm³/mol. The lowest BCUT2D eigenvalue weighted by molar-refractivity contribution is 0.344. The van der Waals surface area contributed by atoms with Crippen molar-refractivity contribution in [2.24, 2.45) is 0 Å². The molecule has 234 valence electrons. The van der Waals surface area contributed by atoms with Crippen LogP contribution in [0.1, 0.15) is 22.3 Å². The molecule has 49 heavy (non-hydrogen) atoms. The fourth-order valence-electron chi connectivity index (χ4n) is 7.04. The molecule has 6 aromatic rings. The normalized spacial score (nSPS) is 13.4. The van der Waals surface area contributed by atoms with Gasteiger partial charge in [-0.3, -0.25) is 0 Å². The molecule has 0 radical (unpaired) electrons. The van der Waals surface area contributed by atoms with E-state index in [1.807, 2.05) is 36.4 Å². The van der Waals surface area contributed by atoms with E-state index in [1.165, 1.54) is 0 Å². The Balaban J connectivity index is 1.20. The molecule has 0 aromatic heterocycles. The minimum absolute atomic E-state index is 0.156. The van der Waals surface area contributed by atoms with Crippen LogP contribution in [0.4, 0.5) is 0 Å². The molecule has 0 atom stereocenters. The summed E-state index contributed by atoms with van der Waals surface area (Å²) in [5.41, 5.74) is 5.85. The fourth-order valence-corrected chi connectivity index (χ4v) is 7.04. The summed E-state index contributed by atoms with van der Waals surface area (Å²) in [5, 5.41) is 0. The van der Waals surface area contributed by atoms with Gasteiger partial charge in [-0.15, -0.1) is 12.8 Å². The van der Waals surface area contributed by atoms with E-state index in [9.17, 15) is 0 Å². The molecule has 3 aliphatic rings. The highest BCUT2D eigenvalue weighted by Crippen LogP contribution is 2.59. The third kappa shape index (κ3) is 4.47. The average molecular weight is 639 g/mol. The second kappa shape index (κ2) is 11.2. The maximum atomic E-state index is 6.50. The summed E-state index contributed by atoms with van der Waals surface area (Å²) in [6.45, 7) is 0.313. The van der Waals surface area contributed by atoms with Crippen molar-refractivity contribution in [3.63, 3.8) is 0 Å². The highest BCUT2D eigenvalue weighted by molar-refractivity contribution is 5.86. The summed E-state index contributed by atoms with van der Waals surface area (Å²) >= 11 is 0. The Morgan fingerprint density at radius 2 is 0.837 bits per heavy atom. The van der Waals surface area contributed by atoms with Crippen LogP contribution in [0.25, 0.3) is 11.1 Å². The standard InChI is InChI=1S/C43H26O6/c1-3-21-44-29-15-19-37-41(25-29)48-39-23-27(13-17-35(39)46-37)43(33-11-7-5-9-31(33)32-10-6-8-12-34(32)43)28-14-18-36-40(24-28)49-42-26-30(45-22-4-2)16-20-38(42)47-36/h1-2,5-20,23-26H,21-22H2. The molecule has 0 unspecified atom stereocenters. The average Bonchev–Trinajstić information content (AvgIpc) is 3.45. The zero-order valence-electron chi connectivity index (χ0n) is 26.1. The fraction of sp³-hybridized carbons (Fsp3) is 0.0698. The van der Waals surface area contributed by atoms with E-state index in [4.69, 9.17) is 41.3 Å². The SMILES string of the molecule is C#CCOc1ccc2c(c1)Oc1cc(C3(c4ccc5c(c4)Oc4cc(OCC#C)ccc4O5)c4ccccc4-c4ccccc43)ccc1O2. The van der Waals surface area contributed by atoms with Gasteiger partial charge in [0, 0.05) is 12.1 Å². The molecular weight excluding hydrogens is 612 g/mol. The minimum Gasteiger partial charge on any atom is -0.481 e. The van der Waals surface area contributed by atoms with Gasteiger partial charge in [-0.25, -0.2) is 0 Å². The summed E-state index contributed by atoms with van der Waals surface area (Å²) in [6.07, 6.45) is 10.8. The van der Waals surface area contributed by atoms with Crippen LogP contribution in [-0.2, 0) is 5.41 Å². The van der Waals surface area contributed by atoms with Gasteiger partial charge in [0.15, 0.2) is 46.0 Å². The lowest BCUT2D eigenvalue weighted by atomic mass is 9.67. The van der Waals surface area contributed by atoms with Gasteiger partial charge < -0.3 is 28.4 Å². The van der Waals surface area contributed by atoms with Crippen LogP contribution in [0.3, 0.4) is 0 Å². The molecule has 0 saturated heterocycles. The number of terminal acetylenes is 2. The predicted octanol–water partition coefficient (Wildman–Crippen LogP) is 9.87. The van der Waals surface area contributed by atoms with Crippen molar-refractivity contribution in [3.8, 4) is 93.3 Å². The van der Waals surface area contributed by atoms with E-state index in [1.54, 1.807) is 12.1 Å². The first-order valence-electron chi connectivity index (χ1n) is 15.8. The van der Waals surface area contributed by atoms with Crippen LogP contribution in [0.15, 0.2) is 121 Å². The smallest absolute Gasteiger partial charge is 0.173 e. The second-order valence-electron chi connectivity index (χ2n) is 11.8. The number of hydrogen-bond donors (Lipinski definition) is 0. The van der Waals surface area contributed by atoms with Gasteiger partial charge in [0.05, 0.1) is 5.41 Å². The lowest BCUT2D eigenvalue weighted by Crippen LogP contribution is -2.28. The molecule has 2 heterocycles. The van der Waals surface area contributed by atoms with Gasteiger partial charge in [-0.1, -0.05) is 72.5 Å². The van der Waals surface area contributed by atoms with Crippen molar-refractivity contribution < 1.29 is 28.4 Å². The van der Waals surface area contributed by atoms with Crippen LogP contribution < -0.4 is 28.4 Å². The molecule has 9 rings (SSSR count). The molecule has 0 amide bonds. The summed E-state index contributed by atoms with van der Waals surface area (Å²) in [6, 6.07) is 40.2. The van der Waals surface area contributed by atoms with Crippen molar-refractivity contribution in [3.05, 3.63) is 144 Å². The van der Waals surface area contributed by atoms with Gasteiger partial charge >= 0.3 is 0 Å². The largest absolute Gasteiger partial charge is 0.481 e. The van der Waals surface area contributed by atoms with E-state index in [2.05, 4.69) is 84.6 Å². The van der Waals surface area contributed by atoms with Crippen molar-refractivity contribution in [1.29, 1.82) is 0 Å². The maximum absolute atomic E-state index is 6.50. The Morgan fingerprint density at radius 1 is 0.449 bits per heavy atom. The monoisotopic (exact) mass is 638 g/mol. The minimum atomic E-state index is -0.736. The van der Waals surface area contributed by atoms with E-state index in [0.717, 1.165) is 33.4 Å². The van der Waals surface area contributed by atoms with Crippen molar-refractivity contribution >= 4 is 0 Å². The van der Waals surface area contributed by atoms with Crippen molar-refractivity contribution in [2.45, 2.75) is 5.41 Å². The van der Waals surface area contributed by atoms with E-state index in [0.29, 0.717) is 57.5 Å². The first kappa shape index (κ1) is 28.5. The number of benzene rings is 6. The highest BCUT2D eigenvalue weighted by atomic mass is 16.6. The summed E-state index contributed by atoms with van der Waals surface area (Å²) in [4.78, 5) is 0. The molecular formula is C43H26O6. The second-order valence-corrected chi connectivity index (χ2v) is 11.8. The van der Waals surface area contributed by atoms with Gasteiger partial charge in [-0.05, 0) is 81.9 Å². The number of rotatable bonds is 6. The van der Waals surface area contributed by atoms with E-state index >= 15 is 0 Å². The Hall–Kier alpha value is -6.76.